The van der Waals surface area contributed by atoms with E-state index in [0.717, 1.165) is 5.92 Å². The largest absolute Gasteiger partial charge is 0.283 e. The molecule has 3 unspecified atom stereocenters. The third kappa shape index (κ3) is 10.6. The monoisotopic (exact) mass is 458 g/mol. The van der Waals surface area contributed by atoms with Gasteiger partial charge in [0.25, 0.3) is 0 Å². The first-order valence-electron chi connectivity index (χ1n) is 15.2. The summed E-state index contributed by atoms with van der Waals surface area (Å²) in [6.07, 6.45) is 29.2. The van der Waals surface area contributed by atoms with Crippen molar-refractivity contribution in [3.05, 3.63) is 11.3 Å². The molecule has 0 bridgehead atoms. The van der Waals surface area contributed by atoms with E-state index in [4.69, 9.17) is 5.10 Å². The predicted octanol–water partition coefficient (Wildman–Crippen LogP) is 10.3. The molecule has 0 radical (unpaired) electrons. The summed E-state index contributed by atoms with van der Waals surface area (Å²) >= 11 is 0. The molecule has 33 heavy (non-hydrogen) atoms. The van der Waals surface area contributed by atoms with Crippen LogP contribution in [0.2, 0.25) is 0 Å². The number of hydrogen-bond donors (Lipinski definition) is 1. The van der Waals surface area contributed by atoms with Crippen molar-refractivity contribution in [1.29, 1.82) is 0 Å². The van der Waals surface area contributed by atoms with Crippen molar-refractivity contribution >= 4 is 5.71 Å². The number of allylic oxidation sites excluding steroid dienone is 2. The molecule has 1 fully saturated rings. The number of nitrogens with zero attached hydrogens (tertiary/aromatic N) is 1. The first-order chi connectivity index (χ1) is 16.2. The van der Waals surface area contributed by atoms with Crippen molar-refractivity contribution in [1.82, 2.24) is 5.43 Å². The Morgan fingerprint density at radius 3 is 2.09 bits per heavy atom. The number of unbranched alkanes of at least 4 members (excludes halogenated alkanes) is 10. The van der Waals surface area contributed by atoms with E-state index in [9.17, 15) is 0 Å². The van der Waals surface area contributed by atoms with Crippen LogP contribution in [-0.4, -0.2) is 5.71 Å². The van der Waals surface area contributed by atoms with Crippen LogP contribution in [0.1, 0.15) is 163 Å². The van der Waals surface area contributed by atoms with Crippen LogP contribution in [0.25, 0.3) is 0 Å². The Morgan fingerprint density at radius 2 is 1.36 bits per heavy atom. The third-order valence-corrected chi connectivity index (χ3v) is 8.49. The van der Waals surface area contributed by atoms with Gasteiger partial charge >= 0.3 is 0 Å². The minimum atomic E-state index is 0.638. The van der Waals surface area contributed by atoms with E-state index in [-0.39, 0.29) is 0 Å². The minimum absolute atomic E-state index is 0.638. The summed E-state index contributed by atoms with van der Waals surface area (Å²) in [4.78, 5) is 0. The lowest BCUT2D eigenvalue weighted by molar-refractivity contribution is 0.351. The van der Waals surface area contributed by atoms with Gasteiger partial charge in [-0.05, 0) is 56.4 Å². The molecule has 0 aromatic carbocycles. The maximum absolute atomic E-state index is 5.06. The van der Waals surface area contributed by atoms with Crippen molar-refractivity contribution < 1.29 is 0 Å². The number of hydrogen-bond acceptors (Lipinski definition) is 2. The highest BCUT2D eigenvalue weighted by molar-refractivity contribution is 5.92. The summed E-state index contributed by atoms with van der Waals surface area (Å²) in [5, 5.41) is 5.06. The summed E-state index contributed by atoms with van der Waals surface area (Å²) in [7, 11) is 0. The predicted molar refractivity (Wildman–Crippen MR) is 148 cm³/mol. The quantitative estimate of drug-likeness (QED) is 0.215. The zero-order valence-electron chi connectivity index (χ0n) is 23.0. The average molecular weight is 459 g/mol. The molecule has 0 aromatic heterocycles. The van der Waals surface area contributed by atoms with E-state index in [1.165, 1.54) is 146 Å². The van der Waals surface area contributed by atoms with Crippen LogP contribution in [0.15, 0.2) is 16.4 Å². The Morgan fingerprint density at radius 1 is 0.758 bits per heavy atom. The zero-order chi connectivity index (χ0) is 23.7. The molecular formula is C31H58N2. The Balaban J connectivity index is 1.93. The van der Waals surface area contributed by atoms with Gasteiger partial charge in [0, 0.05) is 17.3 Å². The first-order valence-corrected chi connectivity index (χ1v) is 15.2. The molecule has 1 heterocycles. The van der Waals surface area contributed by atoms with Gasteiger partial charge in [-0.15, -0.1) is 0 Å². The molecule has 2 rings (SSSR count). The fourth-order valence-electron chi connectivity index (χ4n) is 6.31. The zero-order valence-corrected chi connectivity index (χ0v) is 23.0. The molecule has 0 saturated heterocycles. The Labute approximate surface area is 207 Å². The van der Waals surface area contributed by atoms with Crippen LogP contribution in [0.5, 0.6) is 0 Å². The Kier molecular flexibility index (Phi) is 15.2. The Hall–Kier alpha value is -0.790. The lowest BCUT2D eigenvalue weighted by Gasteiger charge is -2.35. The van der Waals surface area contributed by atoms with Crippen molar-refractivity contribution in [3.8, 4) is 0 Å². The van der Waals surface area contributed by atoms with Gasteiger partial charge in [-0.3, -0.25) is 5.43 Å². The molecule has 1 N–H and O–H groups in total. The van der Waals surface area contributed by atoms with E-state index < -0.39 is 0 Å². The highest BCUT2D eigenvalue weighted by Crippen LogP contribution is 2.39. The highest BCUT2D eigenvalue weighted by Gasteiger charge is 2.32. The van der Waals surface area contributed by atoms with E-state index in [1.807, 2.05) is 0 Å². The number of nitrogens with one attached hydrogen (secondary N) is 1. The molecule has 0 aromatic rings. The lowest BCUT2D eigenvalue weighted by atomic mass is 9.73. The Bertz CT molecular complexity index is 561. The fourth-order valence-corrected chi connectivity index (χ4v) is 6.31. The topological polar surface area (TPSA) is 24.4 Å². The normalized spacial score (nSPS) is 22.2. The summed E-state index contributed by atoms with van der Waals surface area (Å²) < 4.78 is 0. The SMILES string of the molecule is CCCCCCCCC1CCCC2C(C(CCCCC)CCCCCC)=NNC(C)=C2CC1. The van der Waals surface area contributed by atoms with Crippen molar-refractivity contribution in [3.63, 3.8) is 0 Å². The van der Waals surface area contributed by atoms with Crippen LogP contribution < -0.4 is 5.43 Å². The number of rotatable bonds is 17. The fraction of sp³-hybridized carbons (Fsp3) is 0.903. The van der Waals surface area contributed by atoms with Gasteiger partial charge in [0.1, 0.15) is 0 Å². The van der Waals surface area contributed by atoms with Gasteiger partial charge in [-0.1, -0.05) is 124 Å². The van der Waals surface area contributed by atoms with Gasteiger partial charge in [0.05, 0.1) is 0 Å². The van der Waals surface area contributed by atoms with Gasteiger partial charge in [-0.2, -0.15) is 5.10 Å². The molecule has 1 aliphatic carbocycles. The van der Waals surface area contributed by atoms with E-state index >= 15 is 0 Å². The van der Waals surface area contributed by atoms with E-state index in [0.29, 0.717) is 11.8 Å². The van der Waals surface area contributed by atoms with Gasteiger partial charge in [-0.25, -0.2) is 0 Å². The second kappa shape index (κ2) is 17.6. The van der Waals surface area contributed by atoms with Crippen LogP contribution in [-0.2, 0) is 0 Å². The summed E-state index contributed by atoms with van der Waals surface area (Å²) in [6.45, 7) is 9.26. The van der Waals surface area contributed by atoms with Crippen LogP contribution in [0, 0.1) is 17.8 Å². The molecule has 2 aliphatic rings. The summed E-state index contributed by atoms with van der Waals surface area (Å²) in [5.41, 5.74) is 8.15. The maximum atomic E-state index is 5.06. The standard InChI is InChI=1S/C31H58N2/c1-5-8-11-13-14-16-19-27-20-18-23-30-29(25-24-27)26(4)32-33-31(30)28(21-15-10-7-3)22-17-12-9-6-2/h27-28,30,32H,5-25H2,1-4H3. The highest BCUT2D eigenvalue weighted by atomic mass is 15.3. The second-order valence-corrected chi connectivity index (χ2v) is 11.3. The second-order valence-electron chi connectivity index (χ2n) is 11.3. The average Bonchev–Trinajstić information content (AvgIpc) is 2.80. The minimum Gasteiger partial charge on any atom is -0.283 e. The molecule has 2 heteroatoms. The van der Waals surface area contributed by atoms with E-state index in [2.05, 4.69) is 33.1 Å². The van der Waals surface area contributed by atoms with E-state index in [1.54, 1.807) is 5.57 Å². The first kappa shape index (κ1) is 28.4. The molecule has 0 spiro atoms. The molecule has 2 nitrogen and oxygen atoms in total. The smallest absolute Gasteiger partial charge is 0.0485 e. The van der Waals surface area contributed by atoms with Gasteiger partial charge in [0.2, 0.25) is 0 Å². The third-order valence-electron chi connectivity index (χ3n) is 8.49. The number of hydrazone groups is 1. The van der Waals surface area contributed by atoms with Crippen molar-refractivity contribution in [2.45, 2.75) is 163 Å². The van der Waals surface area contributed by atoms with Crippen LogP contribution in [0.3, 0.4) is 0 Å². The van der Waals surface area contributed by atoms with Gasteiger partial charge in [0.15, 0.2) is 0 Å². The molecule has 1 aliphatic heterocycles. The molecule has 192 valence electrons. The molecule has 0 amide bonds. The number of fused-ring (bicyclic) bond motifs is 1. The van der Waals surface area contributed by atoms with Crippen LogP contribution in [0.4, 0.5) is 0 Å². The van der Waals surface area contributed by atoms with Crippen LogP contribution >= 0.6 is 0 Å². The van der Waals surface area contributed by atoms with Crippen molar-refractivity contribution in [2.24, 2.45) is 22.9 Å². The maximum Gasteiger partial charge on any atom is 0.0485 e. The lowest BCUT2D eigenvalue weighted by Crippen LogP contribution is -2.34. The summed E-state index contributed by atoms with van der Waals surface area (Å²) in [5.74, 6) is 2.29. The molecule has 3 atom stereocenters. The molecular weight excluding hydrogens is 400 g/mol. The molecule has 1 saturated carbocycles. The summed E-state index contributed by atoms with van der Waals surface area (Å²) in [6, 6.07) is 0. The van der Waals surface area contributed by atoms with Crippen molar-refractivity contribution in [2.75, 3.05) is 0 Å². The van der Waals surface area contributed by atoms with Gasteiger partial charge < -0.3 is 0 Å².